The van der Waals surface area contributed by atoms with Crippen LogP contribution in [0.3, 0.4) is 0 Å². The topological polar surface area (TPSA) is 75.6 Å². The molecule has 2 N–H and O–H groups in total. The summed E-state index contributed by atoms with van der Waals surface area (Å²) in [4.78, 5) is 23.1. The number of carboxylic acid groups (broad SMARTS) is 1. The second-order valence-electron chi connectivity index (χ2n) is 6.33. The lowest BCUT2D eigenvalue weighted by atomic mass is 10.1. The molecule has 134 valence electrons. The second kappa shape index (κ2) is 8.21. The molecule has 0 saturated heterocycles. The van der Waals surface area contributed by atoms with Crippen LogP contribution in [0.5, 0.6) is 5.75 Å². The van der Waals surface area contributed by atoms with Crippen LogP contribution < -0.4 is 10.1 Å². The molecule has 0 saturated carbocycles. The summed E-state index contributed by atoms with van der Waals surface area (Å²) in [5, 5.41) is 11.9. The van der Waals surface area contributed by atoms with Crippen molar-refractivity contribution in [2.75, 3.05) is 5.32 Å². The number of carbonyl (C=O) groups is 2. The Labute approximate surface area is 153 Å². The molecule has 0 aromatic heterocycles. The van der Waals surface area contributed by atoms with E-state index in [1.807, 2.05) is 12.1 Å². The van der Waals surface area contributed by atoms with Crippen LogP contribution in [-0.4, -0.2) is 22.6 Å². The Morgan fingerprint density at radius 1 is 1.12 bits per heavy atom. The number of aryl methyl sites for hydroxylation is 1. The predicted molar refractivity (Wildman–Crippen MR) is 100 cm³/mol. The van der Waals surface area contributed by atoms with Crippen molar-refractivity contribution in [1.82, 2.24) is 0 Å². The largest absolute Gasteiger partial charge is 0.478 e. The highest BCUT2D eigenvalue weighted by Gasteiger charge is 2.29. The Hall–Kier alpha value is -3.26. The van der Waals surface area contributed by atoms with Gasteiger partial charge in [-0.05, 0) is 62.2 Å². The van der Waals surface area contributed by atoms with E-state index in [4.69, 9.17) is 16.3 Å². The fraction of sp³-hybridized carbons (Fsp3) is 0.238. The molecule has 0 radical (unpaired) electrons. The Kier molecular flexibility index (Phi) is 6.03. The Balaban J connectivity index is 1.86. The zero-order valence-corrected chi connectivity index (χ0v) is 14.8. The van der Waals surface area contributed by atoms with Crippen molar-refractivity contribution in [3.8, 4) is 18.1 Å². The van der Waals surface area contributed by atoms with Gasteiger partial charge in [0.1, 0.15) is 5.75 Å². The Morgan fingerprint density at radius 2 is 1.73 bits per heavy atom. The molecule has 2 rings (SSSR count). The van der Waals surface area contributed by atoms with Crippen molar-refractivity contribution < 1.29 is 19.4 Å². The molecule has 2 aromatic rings. The number of hydrogen-bond acceptors (Lipinski definition) is 3. The molecule has 26 heavy (non-hydrogen) atoms. The first kappa shape index (κ1) is 19.1. The molecule has 1 amide bonds. The molecule has 0 unspecified atom stereocenters. The van der Waals surface area contributed by atoms with Gasteiger partial charge in [0.05, 0.1) is 0 Å². The van der Waals surface area contributed by atoms with Crippen molar-refractivity contribution in [3.63, 3.8) is 0 Å². The lowest BCUT2D eigenvalue weighted by molar-refractivity contribution is -0.152. The quantitative estimate of drug-likeness (QED) is 0.749. The first-order valence-electron chi connectivity index (χ1n) is 8.18. The minimum atomic E-state index is -1.30. The fourth-order valence-corrected chi connectivity index (χ4v) is 2.19. The van der Waals surface area contributed by atoms with Crippen LogP contribution in [0, 0.1) is 12.3 Å². The van der Waals surface area contributed by atoms with E-state index in [0.29, 0.717) is 24.3 Å². The van der Waals surface area contributed by atoms with E-state index >= 15 is 0 Å². The van der Waals surface area contributed by atoms with Gasteiger partial charge in [-0.1, -0.05) is 18.1 Å². The van der Waals surface area contributed by atoms with E-state index in [-0.39, 0.29) is 5.91 Å². The normalized spacial score (nSPS) is 10.7. The van der Waals surface area contributed by atoms with Gasteiger partial charge in [-0.15, -0.1) is 6.42 Å². The summed E-state index contributed by atoms with van der Waals surface area (Å²) in [5.74, 6) is 1.87. The van der Waals surface area contributed by atoms with E-state index in [9.17, 15) is 9.59 Å². The fourth-order valence-electron chi connectivity index (χ4n) is 2.19. The average Bonchev–Trinajstić information content (AvgIpc) is 2.61. The average molecular weight is 351 g/mol. The summed E-state index contributed by atoms with van der Waals surface area (Å²) in [6, 6.07) is 14.1. The third-order valence-corrected chi connectivity index (χ3v) is 3.79. The van der Waals surface area contributed by atoms with Crippen molar-refractivity contribution in [3.05, 3.63) is 59.7 Å². The van der Waals surface area contributed by atoms with Crippen LogP contribution in [0.15, 0.2) is 48.5 Å². The maximum absolute atomic E-state index is 12.0. The molecular weight excluding hydrogens is 330 g/mol. The van der Waals surface area contributed by atoms with E-state index in [1.54, 1.807) is 36.4 Å². The third-order valence-electron chi connectivity index (χ3n) is 3.79. The summed E-state index contributed by atoms with van der Waals surface area (Å²) in [7, 11) is 0. The molecule has 0 aliphatic heterocycles. The number of hydrogen-bond donors (Lipinski definition) is 2. The van der Waals surface area contributed by atoms with Gasteiger partial charge < -0.3 is 15.2 Å². The molecule has 0 aliphatic carbocycles. The van der Waals surface area contributed by atoms with Crippen molar-refractivity contribution in [2.45, 2.75) is 32.3 Å². The molecule has 0 fully saturated rings. The summed E-state index contributed by atoms with van der Waals surface area (Å²) >= 11 is 0. The number of anilines is 1. The van der Waals surface area contributed by atoms with Gasteiger partial charge in [0.25, 0.3) is 0 Å². The van der Waals surface area contributed by atoms with Gasteiger partial charge >= 0.3 is 5.97 Å². The predicted octanol–water partition coefficient (Wildman–Crippen LogP) is 3.48. The second-order valence-corrected chi connectivity index (χ2v) is 6.33. The highest BCUT2D eigenvalue weighted by Crippen LogP contribution is 2.20. The summed E-state index contributed by atoms with van der Waals surface area (Å²) in [6.07, 6.45) is 6.19. The summed E-state index contributed by atoms with van der Waals surface area (Å²) < 4.78 is 5.45. The lowest BCUT2D eigenvalue weighted by Gasteiger charge is -2.21. The maximum atomic E-state index is 12.0. The first-order chi connectivity index (χ1) is 12.3. The standard InChI is InChI=1S/C21H21NO4/c1-4-15-5-10-17(11-6-15)22-19(23)14-9-16-7-12-18(13-8-16)26-21(2,3)20(24)25/h1,5-8,10-13H,9,14H2,2-3H3,(H,22,23)(H,24,25). The number of carboxylic acids is 1. The van der Waals surface area contributed by atoms with E-state index in [0.717, 1.165) is 11.1 Å². The SMILES string of the molecule is C#Cc1ccc(NC(=O)CCc2ccc(OC(C)(C)C(=O)O)cc2)cc1. The molecule has 0 spiro atoms. The Morgan fingerprint density at radius 3 is 2.27 bits per heavy atom. The van der Waals surface area contributed by atoms with E-state index in [1.165, 1.54) is 13.8 Å². The van der Waals surface area contributed by atoms with Crippen LogP contribution in [0.4, 0.5) is 5.69 Å². The number of ether oxygens (including phenoxy) is 1. The molecule has 5 nitrogen and oxygen atoms in total. The van der Waals surface area contributed by atoms with Crippen LogP contribution in [-0.2, 0) is 16.0 Å². The van der Waals surface area contributed by atoms with Gasteiger partial charge in [-0.25, -0.2) is 4.79 Å². The van der Waals surface area contributed by atoms with Crippen LogP contribution in [0.25, 0.3) is 0 Å². The van der Waals surface area contributed by atoms with Crippen LogP contribution >= 0.6 is 0 Å². The Bertz CT molecular complexity index is 815. The number of benzene rings is 2. The molecule has 0 atom stereocenters. The number of terminal acetylenes is 1. The van der Waals surface area contributed by atoms with Gasteiger partial charge in [-0.2, -0.15) is 0 Å². The zero-order chi connectivity index (χ0) is 19.2. The molecule has 2 aromatic carbocycles. The highest BCUT2D eigenvalue weighted by molar-refractivity contribution is 5.90. The highest BCUT2D eigenvalue weighted by atomic mass is 16.5. The number of rotatable bonds is 7. The number of carbonyl (C=O) groups excluding carboxylic acids is 1. The molecule has 5 heteroatoms. The van der Waals surface area contributed by atoms with Gasteiger partial charge in [0.15, 0.2) is 5.60 Å². The summed E-state index contributed by atoms with van der Waals surface area (Å²) in [5.41, 5.74) is 1.13. The number of aliphatic carboxylic acids is 1. The van der Waals surface area contributed by atoms with E-state index in [2.05, 4.69) is 11.2 Å². The summed E-state index contributed by atoms with van der Waals surface area (Å²) in [6.45, 7) is 2.98. The zero-order valence-electron chi connectivity index (χ0n) is 14.8. The number of nitrogens with one attached hydrogen (secondary N) is 1. The molecule has 0 bridgehead atoms. The molecule has 0 aliphatic rings. The molecule has 0 heterocycles. The minimum Gasteiger partial charge on any atom is -0.478 e. The van der Waals surface area contributed by atoms with Gasteiger partial charge in [0.2, 0.25) is 5.91 Å². The monoisotopic (exact) mass is 351 g/mol. The lowest BCUT2D eigenvalue weighted by Crippen LogP contribution is -2.37. The molecular formula is C21H21NO4. The third kappa shape index (κ3) is 5.38. The van der Waals surface area contributed by atoms with Gasteiger partial charge in [-0.3, -0.25) is 4.79 Å². The van der Waals surface area contributed by atoms with Crippen LogP contribution in [0.1, 0.15) is 31.4 Å². The van der Waals surface area contributed by atoms with E-state index < -0.39 is 11.6 Å². The van der Waals surface area contributed by atoms with Crippen molar-refractivity contribution in [1.29, 1.82) is 0 Å². The maximum Gasteiger partial charge on any atom is 0.347 e. The van der Waals surface area contributed by atoms with Crippen molar-refractivity contribution in [2.24, 2.45) is 0 Å². The minimum absolute atomic E-state index is 0.0919. The first-order valence-corrected chi connectivity index (χ1v) is 8.18. The van der Waals surface area contributed by atoms with Gasteiger partial charge in [0, 0.05) is 17.7 Å². The smallest absolute Gasteiger partial charge is 0.347 e. The van der Waals surface area contributed by atoms with Crippen LogP contribution in [0.2, 0.25) is 0 Å². The number of amides is 1. The van der Waals surface area contributed by atoms with Crippen molar-refractivity contribution >= 4 is 17.6 Å².